The highest BCUT2D eigenvalue weighted by Gasteiger charge is 2.11. The number of nitrogens with zero attached hydrogens (tertiary/aromatic N) is 3. The summed E-state index contributed by atoms with van der Waals surface area (Å²) in [6.45, 7) is 2.55. The van der Waals surface area contributed by atoms with Crippen LogP contribution < -0.4 is 5.56 Å². The summed E-state index contributed by atoms with van der Waals surface area (Å²) in [5.41, 5.74) is 1.97. The molecule has 0 unspecified atom stereocenters. The van der Waals surface area contributed by atoms with Crippen LogP contribution in [0.3, 0.4) is 0 Å². The van der Waals surface area contributed by atoms with Gasteiger partial charge >= 0.3 is 0 Å². The van der Waals surface area contributed by atoms with Crippen LogP contribution in [0.1, 0.15) is 11.4 Å². The standard InChI is InChI=1S/C13H12N4O/c1-9-16-11-12(14-8-15-13(11)18)17(9)7-10-5-3-2-4-6-10/h2-6,8H,7H2,1H3,(H,14,15,18). The average molecular weight is 240 g/mol. The third-order valence-corrected chi connectivity index (χ3v) is 2.91. The molecular weight excluding hydrogens is 228 g/mol. The molecule has 2 aromatic heterocycles. The van der Waals surface area contributed by atoms with Gasteiger partial charge in [0.05, 0.1) is 12.9 Å². The molecule has 0 radical (unpaired) electrons. The number of rotatable bonds is 2. The number of aromatic nitrogens is 4. The first kappa shape index (κ1) is 10.7. The summed E-state index contributed by atoms with van der Waals surface area (Å²) in [4.78, 5) is 22.6. The van der Waals surface area contributed by atoms with Crippen molar-refractivity contribution in [3.8, 4) is 0 Å². The summed E-state index contributed by atoms with van der Waals surface area (Å²) in [6, 6.07) is 10.0. The number of hydrogen-bond acceptors (Lipinski definition) is 3. The lowest BCUT2D eigenvalue weighted by molar-refractivity contribution is 0.776. The molecule has 3 aromatic rings. The van der Waals surface area contributed by atoms with E-state index in [0.29, 0.717) is 17.7 Å². The smallest absolute Gasteiger partial charge is 0.278 e. The molecular formula is C13H12N4O. The first-order valence-electron chi connectivity index (χ1n) is 5.70. The highest BCUT2D eigenvalue weighted by molar-refractivity contribution is 5.69. The van der Waals surface area contributed by atoms with Crippen LogP contribution in [-0.2, 0) is 6.54 Å². The molecule has 5 heteroatoms. The van der Waals surface area contributed by atoms with Gasteiger partial charge in [-0.05, 0) is 12.5 Å². The third kappa shape index (κ3) is 1.69. The first-order valence-corrected chi connectivity index (χ1v) is 5.70. The average Bonchev–Trinajstić information content (AvgIpc) is 2.70. The topological polar surface area (TPSA) is 63.6 Å². The van der Waals surface area contributed by atoms with Crippen molar-refractivity contribution in [3.05, 3.63) is 58.4 Å². The van der Waals surface area contributed by atoms with Gasteiger partial charge in [0, 0.05) is 0 Å². The summed E-state index contributed by atoms with van der Waals surface area (Å²) < 4.78 is 1.94. The van der Waals surface area contributed by atoms with Gasteiger partial charge in [-0.3, -0.25) is 4.79 Å². The van der Waals surface area contributed by atoms with Crippen molar-refractivity contribution in [3.63, 3.8) is 0 Å². The SMILES string of the molecule is Cc1nc2c(=O)[nH]cnc2n1Cc1ccccc1. The molecule has 0 aliphatic heterocycles. The maximum absolute atomic E-state index is 11.6. The molecule has 0 atom stereocenters. The lowest BCUT2D eigenvalue weighted by Crippen LogP contribution is -2.08. The van der Waals surface area contributed by atoms with E-state index in [1.807, 2.05) is 41.8 Å². The minimum absolute atomic E-state index is 0.199. The summed E-state index contributed by atoms with van der Waals surface area (Å²) >= 11 is 0. The molecule has 0 aliphatic carbocycles. The van der Waals surface area contributed by atoms with Crippen LogP contribution in [0, 0.1) is 6.92 Å². The zero-order chi connectivity index (χ0) is 12.5. The molecule has 0 spiro atoms. The minimum Gasteiger partial charge on any atom is -0.311 e. The van der Waals surface area contributed by atoms with Gasteiger partial charge in [-0.2, -0.15) is 0 Å². The Bertz CT molecular complexity index is 743. The van der Waals surface area contributed by atoms with Gasteiger partial charge in [0.2, 0.25) is 0 Å². The number of hydrogen-bond donors (Lipinski definition) is 1. The van der Waals surface area contributed by atoms with E-state index in [9.17, 15) is 4.79 Å². The van der Waals surface area contributed by atoms with Gasteiger partial charge in [-0.25, -0.2) is 9.97 Å². The molecule has 0 saturated carbocycles. The molecule has 1 N–H and O–H groups in total. The van der Waals surface area contributed by atoms with E-state index < -0.39 is 0 Å². The fraction of sp³-hybridized carbons (Fsp3) is 0.154. The van der Waals surface area contributed by atoms with Crippen molar-refractivity contribution in [1.82, 2.24) is 19.5 Å². The molecule has 2 heterocycles. The molecule has 0 saturated heterocycles. The van der Waals surface area contributed by atoms with Gasteiger partial charge in [0.15, 0.2) is 11.2 Å². The zero-order valence-electron chi connectivity index (χ0n) is 9.92. The molecule has 0 amide bonds. The van der Waals surface area contributed by atoms with E-state index in [0.717, 1.165) is 11.4 Å². The Labute approximate surface area is 103 Å². The normalized spacial score (nSPS) is 10.9. The molecule has 3 rings (SSSR count). The van der Waals surface area contributed by atoms with Gasteiger partial charge < -0.3 is 9.55 Å². The van der Waals surface area contributed by atoms with E-state index in [4.69, 9.17) is 0 Å². The quantitative estimate of drug-likeness (QED) is 0.737. The van der Waals surface area contributed by atoms with E-state index in [-0.39, 0.29) is 5.56 Å². The van der Waals surface area contributed by atoms with Crippen LogP contribution in [0.25, 0.3) is 11.2 Å². The zero-order valence-corrected chi connectivity index (χ0v) is 9.92. The van der Waals surface area contributed by atoms with Crippen LogP contribution in [0.2, 0.25) is 0 Å². The maximum atomic E-state index is 11.6. The number of nitrogens with one attached hydrogen (secondary N) is 1. The Kier molecular flexibility index (Phi) is 2.44. The van der Waals surface area contributed by atoms with Crippen molar-refractivity contribution in [2.45, 2.75) is 13.5 Å². The van der Waals surface area contributed by atoms with Gasteiger partial charge in [0.1, 0.15) is 5.82 Å². The second kappa shape index (κ2) is 4.10. The Balaban J connectivity index is 2.15. The monoisotopic (exact) mass is 240 g/mol. The molecule has 0 aliphatic rings. The second-order valence-corrected chi connectivity index (χ2v) is 4.13. The van der Waals surface area contributed by atoms with Crippen LogP contribution in [0.5, 0.6) is 0 Å². The van der Waals surface area contributed by atoms with E-state index in [1.54, 1.807) is 0 Å². The second-order valence-electron chi connectivity index (χ2n) is 4.13. The number of aryl methyl sites for hydroxylation is 1. The molecule has 0 fully saturated rings. The lowest BCUT2D eigenvalue weighted by Gasteiger charge is -2.05. The van der Waals surface area contributed by atoms with Crippen molar-refractivity contribution in [2.24, 2.45) is 0 Å². The Hall–Kier alpha value is -2.43. The minimum atomic E-state index is -0.199. The first-order chi connectivity index (χ1) is 8.75. The summed E-state index contributed by atoms with van der Waals surface area (Å²) in [7, 11) is 0. The third-order valence-electron chi connectivity index (χ3n) is 2.91. The van der Waals surface area contributed by atoms with E-state index in [1.165, 1.54) is 6.33 Å². The predicted octanol–water partition coefficient (Wildman–Crippen LogP) is 1.48. The lowest BCUT2D eigenvalue weighted by atomic mass is 10.2. The number of fused-ring (bicyclic) bond motifs is 1. The van der Waals surface area contributed by atoms with Gasteiger partial charge in [0.25, 0.3) is 5.56 Å². The Morgan fingerprint density at radius 3 is 2.83 bits per heavy atom. The number of benzene rings is 1. The summed E-state index contributed by atoms with van der Waals surface area (Å²) in [6.07, 6.45) is 1.41. The molecule has 1 aromatic carbocycles. The highest BCUT2D eigenvalue weighted by Crippen LogP contribution is 2.12. The largest absolute Gasteiger partial charge is 0.311 e. The Morgan fingerprint density at radius 1 is 1.28 bits per heavy atom. The molecule has 5 nitrogen and oxygen atoms in total. The van der Waals surface area contributed by atoms with Crippen LogP contribution in [-0.4, -0.2) is 19.5 Å². The number of aromatic amines is 1. The van der Waals surface area contributed by atoms with Crippen molar-refractivity contribution < 1.29 is 0 Å². The molecule has 0 bridgehead atoms. The highest BCUT2D eigenvalue weighted by atomic mass is 16.1. The van der Waals surface area contributed by atoms with Crippen LogP contribution in [0.4, 0.5) is 0 Å². The fourth-order valence-corrected chi connectivity index (χ4v) is 2.01. The number of imidazole rings is 1. The fourth-order valence-electron chi connectivity index (χ4n) is 2.01. The van der Waals surface area contributed by atoms with Gasteiger partial charge in [-0.1, -0.05) is 30.3 Å². The molecule has 18 heavy (non-hydrogen) atoms. The summed E-state index contributed by atoms with van der Waals surface area (Å²) in [5.74, 6) is 0.790. The van der Waals surface area contributed by atoms with Gasteiger partial charge in [-0.15, -0.1) is 0 Å². The van der Waals surface area contributed by atoms with Crippen LogP contribution in [0.15, 0.2) is 41.5 Å². The van der Waals surface area contributed by atoms with Crippen molar-refractivity contribution >= 4 is 11.2 Å². The summed E-state index contributed by atoms with van der Waals surface area (Å²) in [5, 5.41) is 0. The van der Waals surface area contributed by atoms with Crippen molar-refractivity contribution in [2.75, 3.05) is 0 Å². The van der Waals surface area contributed by atoms with Crippen molar-refractivity contribution in [1.29, 1.82) is 0 Å². The molecule has 90 valence electrons. The predicted molar refractivity (Wildman–Crippen MR) is 68.4 cm³/mol. The number of H-pyrrole nitrogens is 1. The Morgan fingerprint density at radius 2 is 2.06 bits per heavy atom. The van der Waals surface area contributed by atoms with E-state index in [2.05, 4.69) is 15.0 Å². The van der Waals surface area contributed by atoms with Crippen LogP contribution >= 0.6 is 0 Å². The van der Waals surface area contributed by atoms with E-state index >= 15 is 0 Å². The maximum Gasteiger partial charge on any atom is 0.278 e.